The third-order valence-electron chi connectivity index (χ3n) is 5.05. The van der Waals surface area contributed by atoms with Crippen LogP contribution in [0, 0.1) is 5.82 Å². The summed E-state index contributed by atoms with van der Waals surface area (Å²) in [6.07, 6.45) is 3.49. The first-order chi connectivity index (χ1) is 14.6. The number of hydrogen-bond donors (Lipinski definition) is 1. The first-order valence-corrected chi connectivity index (χ1v) is 9.38. The maximum Gasteiger partial charge on any atom is 0.307 e. The monoisotopic (exact) mass is 401 g/mol. The molecule has 0 fully saturated rings. The SMILES string of the molecule is O=C(O)CC1=C/C(=C\c2cccc(-c3ccc4c(c3)OCO4)n2)c2ccc(F)cc21. The number of ether oxygens (including phenoxy) is 2. The number of nitrogens with zero attached hydrogens (tertiary/aromatic N) is 1. The van der Waals surface area contributed by atoms with Gasteiger partial charge in [-0.25, -0.2) is 9.37 Å². The molecular weight excluding hydrogens is 385 g/mol. The molecule has 5 nitrogen and oxygen atoms in total. The number of fused-ring (bicyclic) bond motifs is 2. The summed E-state index contributed by atoms with van der Waals surface area (Å²) in [4.78, 5) is 15.9. The van der Waals surface area contributed by atoms with Gasteiger partial charge in [0.25, 0.3) is 0 Å². The molecule has 30 heavy (non-hydrogen) atoms. The molecule has 0 spiro atoms. The van der Waals surface area contributed by atoms with Gasteiger partial charge in [-0.3, -0.25) is 4.79 Å². The Balaban J connectivity index is 1.53. The molecule has 2 heterocycles. The van der Waals surface area contributed by atoms with Crippen molar-refractivity contribution in [2.45, 2.75) is 6.42 Å². The van der Waals surface area contributed by atoms with Crippen LogP contribution in [0.3, 0.4) is 0 Å². The van der Waals surface area contributed by atoms with Crippen molar-refractivity contribution in [2.75, 3.05) is 6.79 Å². The molecule has 0 amide bonds. The van der Waals surface area contributed by atoms with Gasteiger partial charge in [-0.1, -0.05) is 12.1 Å². The Morgan fingerprint density at radius 3 is 2.80 bits per heavy atom. The van der Waals surface area contributed by atoms with Crippen LogP contribution < -0.4 is 9.47 Å². The lowest BCUT2D eigenvalue weighted by atomic mass is 10.0. The molecule has 6 heteroatoms. The summed E-state index contributed by atoms with van der Waals surface area (Å²) >= 11 is 0. The third kappa shape index (κ3) is 3.33. The number of halogens is 1. The molecule has 0 radical (unpaired) electrons. The maximum atomic E-state index is 13.7. The molecule has 5 rings (SSSR count). The molecule has 148 valence electrons. The number of aromatic nitrogens is 1. The van der Waals surface area contributed by atoms with Crippen molar-refractivity contribution < 1.29 is 23.8 Å². The lowest BCUT2D eigenvalue weighted by Gasteiger charge is -2.06. The number of carboxylic acid groups (broad SMARTS) is 1. The first-order valence-electron chi connectivity index (χ1n) is 9.38. The van der Waals surface area contributed by atoms with E-state index in [-0.39, 0.29) is 13.2 Å². The number of rotatable bonds is 4. The predicted octanol–water partition coefficient (Wildman–Crippen LogP) is 5.03. The zero-order valence-corrected chi connectivity index (χ0v) is 15.8. The quantitative estimate of drug-likeness (QED) is 0.664. The van der Waals surface area contributed by atoms with Crippen molar-refractivity contribution in [2.24, 2.45) is 0 Å². The van der Waals surface area contributed by atoms with Crippen LogP contribution in [-0.2, 0) is 4.79 Å². The topological polar surface area (TPSA) is 68.7 Å². The Morgan fingerprint density at radius 1 is 1.07 bits per heavy atom. The minimum atomic E-state index is -0.958. The van der Waals surface area contributed by atoms with E-state index in [9.17, 15) is 14.3 Å². The number of carbonyl (C=O) groups is 1. The van der Waals surface area contributed by atoms with Crippen LogP contribution in [-0.4, -0.2) is 22.9 Å². The molecule has 1 aliphatic carbocycles. The Kier molecular flexibility index (Phi) is 4.32. The van der Waals surface area contributed by atoms with E-state index in [2.05, 4.69) is 0 Å². The second-order valence-electron chi connectivity index (χ2n) is 7.05. The van der Waals surface area contributed by atoms with Crippen molar-refractivity contribution in [3.63, 3.8) is 0 Å². The Hall–Kier alpha value is -3.93. The van der Waals surface area contributed by atoms with Gasteiger partial charge in [-0.2, -0.15) is 0 Å². The highest BCUT2D eigenvalue weighted by atomic mass is 19.1. The number of allylic oxidation sites excluding steroid dienone is 2. The van der Waals surface area contributed by atoms with E-state index in [1.54, 1.807) is 12.1 Å². The number of pyridine rings is 1. The minimum absolute atomic E-state index is 0.168. The van der Waals surface area contributed by atoms with Gasteiger partial charge >= 0.3 is 5.97 Å². The summed E-state index contributed by atoms with van der Waals surface area (Å²) in [5.41, 5.74) is 5.17. The van der Waals surface area contributed by atoms with Gasteiger partial charge in [-0.15, -0.1) is 0 Å². The zero-order valence-electron chi connectivity index (χ0n) is 15.8. The molecule has 0 saturated carbocycles. The average Bonchev–Trinajstić information content (AvgIpc) is 3.32. The number of hydrogen-bond acceptors (Lipinski definition) is 4. The first kappa shape index (κ1) is 18.1. The van der Waals surface area contributed by atoms with Crippen LogP contribution in [0.1, 0.15) is 23.2 Å². The van der Waals surface area contributed by atoms with Gasteiger partial charge in [0.1, 0.15) is 5.82 Å². The van der Waals surface area contributed by atoms with Gasteiger partial charge < -0.3 is 14.6 Å². The minimum Gasteiger partial charge on any atom is -0.481 e. The van der Waals surface area contributed by atoms with E-state index < -0.39 is 11.8 Å². The summed E-state index contributed by atoms with van der Waals surface area (Å²) in [6.45, 7) is 0.212. The Labute approximate surface area is 171 Å². The van der Waals surface area contributed by atoms with Crippen LogP contribution in [0.4, 0.5) is 4.39 Å². The van der Waals surface area contributed by atoms with Gasteiger partial charge in [0.2, 0.25) is 6.79 Å². The second kappa shape index (κ2) is 7.15. The van der Waals surface area contributed by atoms with E-state index in [0.29, 0.717) is 28.3 Å². The lowest BCUT2D eigenvalue weighted by molar-refractivity contribution is -0.135. The highest BCUT2D eigenvalue weighted by molar-refractivity contribution is 6.04. The molecule has 0 atom stereocenters. The Bertz CT molecular complexity index is 1250. The molecule has 1 aliphatic heterocycles. The summed E-state index contributed by atoms with van der Waals surface area (Å²) in [6, 6.07) is 15.8. The summed E-state index contributed by atoms with van der Waals surface area (Å²) in [5, 5.41) is 9.19. The standard InChI is InChI=1S/C24H16FNO4/c25-17-5-6-19-15(8-16(11-24(27)28)20(19)12-17)9-18-2-1-3-21(26-18)14-4-7-22-23(10-14)30-13-29-22/h1-10,12H,11,13H2,(H,27,28)/b15-9+. The summed E-state index contributed by atoms with van der Waals surface area (Å²) < 4.78 is 24.5. The van der Waals surface area contributed by atoms with E-state index >= 15 is 0 Å². The van der Waals surface area contributed by atoms with Gasteiger partial charge in [0, 0.05) is 5.56 Å². The summed E-state index contributed by atoms with van der Waals surface area (Å²) in [7, 11) is 0. The smallest absolute Gasteiger partial charge is 0.307 e. The lowest BCUT2D eigenvalue weighted by Crippen LogP contribution is -1.96. The molecule has 0 saturated heterocycles. The fourth-order valence-electron chi connectivity index (χ4n) is 3.71. The van der Waals surface area contributed by atoms with Crippen molar-refractivity contribution in [1.29, 1.82) is 0 Å². The highest BCUT2D eigenvalue weighted by Crippen LogP contribution is 2.39. The van der Waals surface area contributed by atoms with Gasteiger partial charge in [-0.05, 0) is 76.9 Å². The molecule has 0 bridgehead atoms. The normalized spacial score (nSPS) is 15.2. The number of carboxylic acids is 1. The van der Waals surface area contributed by atoms with Gasteiger partial charge in [0.15, 0.2) is 11.5 Å². The van der Waals surface area contributed by atoms with Crippen LogP contribution in [0.2, 0.25) is 0 Å². The molecule has 2 aromatic carbocycles. The number of benzene rings is 2. The van der Waals surface area contributed by atoms with Crippen molar-refractivity contribution in [1.82, 2.24) is 4.98 Å². The zero-order chi connectivity index (χ0) is 20.7. The van der Waals surface area contributed by atoms with Crippen LogP contribution in [0.25, 0.3) is 28.5 Å². The van der Waals surface area contributed by atoms with Crippen molar-refractivity contribution >= 4 is 23.2 Å². The molecule has 2 aliphatic rings. The highest BCUT2D eigenvalue weighted by Gasteiger charge is 2.21. The fraction of sp³-hybridized carbons (Fsp3) is 0.0833. The molecule has 1 N–H and O–H groups in total. The fourth-order valence-corrected chi connectivity index (χ4v) is 3.71. The number of aliphatic carboxylic acids is 1. The average molecular weight is 401 g/mol. The Morgan fingerprint density at radius 2 is 1.93 bits per heavy atom. The van der Waals surface area contributed by atoms with Crippen LogP contribution in [0.15, 0.2) is 60.7 Å². The predicted molar refractivity (Wildman–Crippen MR) is 110 cm³/mol. The molecular formula is C24H16FNO4. The van der Waals surface area contributed by atoms with E-state index in [4.69, 9.17) is 14.5 Å². The van der Waals surface area contributed by atoms with E-state index in [1.165, 1.54) is 12.1 Å². The van der Waals surface area contributed by atoms with Crippen LogP contribution in [0.5, 0.6) is 11.5 Å². The van der Waals surface area contributed by atoms with E-state index in [1.807, 2.05) is 42.5 Å². The van der Waals surface area contributed by atoms with Gasteiger partial charge in [0.05, 0.1) is 17.8 Å². The molecule has 3 aromatic rings. The van der Waals surface area contributed by atoms with Crippen LogP contribution >= 0.6 is 0 Å². The molecule has 1 aromatic heterocycles. The summed E-state index contributed by atoms with van der Waals surface area (Å²) in [5.74, 6) is 0.0452. The third-order valence-corrected chi connectivity index (χ3v) is 5.05. The largest absolute Gasteiger partial charge is 0.481 e. The maximum absolute atomic E-state index is 13.7. The second-order valence-corrected chi connectivity index (χ2v) is 7.05. The van der Waals surface area contributed by atoms with Crippen molar-refractivity contribution in [3.8, 4) is 22.8 Å². The van der Waals surface area contributed by atoms with E-state index in [0.717, 1.165) is 22.4 Å². The molecule has 0 unspecified atom stereocenters. The van der Waals surface area contributed by atoms with Crippen molar-refractivity contribution in [3.05, 3.63) is 83.3 Å².